The number of aliphatic carboxylic acids is 1. The Kier molecular flexibility index (Phi) is 5.25. The molecule has 0 aromatic heterocycles. The molecule has 0 aliphatic heterocycles. The number of hydrogen-bond donors (Lipinski definition) is 1. The van der Waals surface area contributed by atoms with Crippen LogP contribution >= 0.6 is 0 Å². The highest BCUT2D eigenvalue weighted by Gasteiger charge is 2.84. The van der Waals surface area contributed by atoms with E-state index in [1.165, 1.54) is 0 Å². The summed E-state index contributed by atoms with van der Waals surface area (Å²) in [6, 6.07) is 0. The normalized spacial score (nSPS) is 44.8. The maximum atomic E-state index is 13.2. The minimum absolute atomic E-state index is 0.130. The highest BCUT2D eigenvalue weighted by Crippen LogP contribution is 2.82. The largest absolute Gasteiger partial charge is 0.481 e. The van der Waals surface area contributed by atoms with Gasteiger partial charge >= 0.3 is 5.97 Å². The smallest absolute Gasteiger partial charge is 0.315 e. The zero-order valence-corrected chi connectivity index (χ0v) is 18.6. The van der Waals surface area contributed by atoms with Crippen molar-refractivity contribution < 1.29 is 19.4 Å². The van der Waals surface area contributed by atoms with Crippen molar-refractivity contribution in [1.82, 2.24) is 0 Å². The van der Waals surface area contributed by atoms with Gasteiger partial charge in [0.25, 0.3) is 0 Å². The quantitative estimate of drug-likeness (QED) is 0.330. The lowest BCUT2D eigenvalue weighted by Crippen LogP contribution is -2.63. The van der Waals surface area contributed by atoms with Gasteiger partial charge in [0.05, 0.1) is 12.0 Å². The number of rotatable bonds is 9. The Hall–Kier alpha value is -1.16. The van der Waals surface area contributed by atoms with E-state index in [0.29, 0.717) is 31.5 Å². The van der Waals surface area contributed by atoms with Gasteiger partial charge in [0, 0.05) is 12.0 Å². The van der Waals surface area contributed by atoms with Gasteiger partial charge in [-0.1, -0.05) is 58.6 Å². The van der Waals surface area contributed by atoms with E-state index in [-0.39, 0.29) is 17.8 Å². The minimum Gasteiger partial charge on any atom is -0.481 e. The Balaban J connectivity index is 1.82. The van der Waals surface area contributed by atoms with E-state index in [4.69, 9.17) is 4.74 Å². The van der Waals surface area contributed by atoms with Crippen molar-refractivity contribution in [1.29, 1.82) is 0 Å². The molecular formula is C25H38O4. The zero-order chi connectivity index (χ0) is 21.0. The second kappa shape index (κ2) is 7.21. The van der Waals surface area contributed by atoms with E-state index in [1.54, 1.807) is 0 Å². The second-order valence-electron chi connectivity index (χ2n) is 10.7. The van der Waals surface area contributed by atoms with Crippen LogP contribution in [0.1, 0.15) is 72.6 Å². The van der Waals surface area contributed by atoms with E-state index in [1.807, 2.05) is 0 Å². The summed E-state index contributed by atoms with van der Waals surface area (Å²) in [6.07, 6.45) is 10.3. The Bertz CT molecular complexity index is 712. The molecule has 4 heteroatoms. The van der Waals surface area contributed by atoms with Crippen LogP contribution in [-0.2, 0) is 14.3 Å². The van der Waals surface area contributed by atoms with Gasteiger partial charge in [0.2, 0.25) is 0 Å². The number of carboxylic acids is 1. The molecule has 7 atom stereocenters. The predicted octanol–water partition coefficient (Wildman–Crippen LogP) is 5.12. The van der Waals surface area contributed by atoms with Crippen LogP contribution < -0.4 is 0 Å². The molecule has 4 aliphatic rings. The van der Waals surface area contributed by atoms with Gasteiger partial charge in [0.15, 0.2) is 0 Å². The van der Waals surface area contributed by atoms with Crippen LogP contribution in [0, 0.1) is 45.8 Å². The lowest BCUT2D eigenvalue weighted by atomic mass is 9.43. The number of aldehydes is 1. The van der Waals surface area contributed by atoms with Crippen LogP contribution in [0.25, 0.3) is 0 Å². The molecule has 0 heterocycles. The lowest BCUT2D eigenvalue weighted by Gasteiger charge is -2.58. The third-order valence-electron chi connectivity index (χ3n) is 9.37. The van der Waals surface area contributed by atoms with E-state index in [2.05, 4.69) is 33.8 Å². The van der Waals surface area contributed by atoms with Crippen LogP contribution in [0.2, 0.25) is 0 Å². The summed E-state index contributed by atoms with van der Waals surface area (Å²) in [7, 11) is 0. The monoisotopic (exact) mass is 402 g/mol. The molecule has 4 rings (SSSR count). The average molecular weight is 403 g/mol. The van der Waals surface area contributed by atoms with Crippen LogP contribution in [0.3, 0.4) is 0 Å². The molecule has 3 saturated carbocycles. The van der Waals surface area contributed by atoms with Crippen molar-refractivity contribution in [2.75, 3.05) is 13.2 Å². The van der Waals surface area contributed by atoms with Crippen LogP contribution in [0.15, 0.2) is 11.6 Å². The number of allylic oxidation sites excluding steroid dienone is 1. The van der Waals surface area contributed by atoms with Gasteiger partial charge in [0.1, 0.15) is 11.7 Å². The molecule has 29 heavy (non-hydrogen) atoms. The third kappa shape index (κ3) is 2.41. The molecule has 0 aromatic rings. The fourth-order valence-corrected chi connectivity index (χ4v) is 8.34. The summed E-state index contributed by atoms with van der Waals surface area (Å²) >= 11 is 0. The minimum atomic E-state index is -1.09. The van der Waals surface area contributed by atoms with Crippen LogP contribution in [0.5, 0.6) is 0 Å². The molecule has 1 N–H and O–H groups in total. The van der Waals surface area contributed by atoms with Gasteiger partial charge in [-0.05, 0) is 55.3 Å². The Morgan fingerprint density at radius 2 is 2.07 bits per heavy atom. The lowest BCUT2D eigenvalue weighted by molar-refractivity contribution is -0.186. The summed E-state index contributed by atoms with van der Waals surface area (Å²) in [4.78, 5) is 26.1. The van der Waals surface area contributed by atoms with E-state index < -0.39 is 22.2 Å². The highest BCUT2D eigenvalue weighted by molar-refractivity contribution is 5.90. The summed E-state index contributed by atoms with van der Waals surface area (Å²) in [6.45, 7) is 9.83. The van der Waals surface area contributed by atoms with Gasteiger partial charge in [-0.3, -0.25) is 4.79 Å². The van der Waals surface area contributed by atoms with E-state index in [9.17, 15) is 14.7 Å². The molecule has 162 valence electrons. The first-order valence-corrected chi connectivity index (χ1v) is 11.8. The number of unbranched alkanes of at least 4 members (excludes halogenated alkanes) is 2. The molecule has 0 radical (unpaired) electrons. The third-order valence-corrected chi connectivity index (χ3v) is 9.37. The molecule has 0 spiro atoms. The first-order chi connectivity index (χ1) is 13.8. The Labute approximate surface area is 175 Å². The molecule has 0 aromatic carbocycles. The molecule has 4 aliphatic carbocycles. The van der Waals surface area contributed by atoms with Crippen molar-refractivity contribution in [3.05, 3.63) is 11.6 Å². The SMILES string of the molecule is CCCCCOCC12CC3C(C)CCC3[C@@]3(C=O)C[C@@H]1C=C(C(C)C)[C@]23C(=O)O. The van der Waals surface area contributed by atoms with Gasteiger partial charge < -0.3 is 14.6 Å². The van der Waals surface area contributed by atoms with Crippen molar-refractivity contribution in [3.63, 3.8) is 0 Å². The maximum absolute atomic E-state index is 13.2. The van der Waals surface area contributed by atoms with E-state index in [0.717, 1.165) is 50.4 Å². The zero-order valence-electron chi connectivity index (χ0n) is 18.6. The number of ether oxygens (including phenoxy) is 1. The fourth-order valence-electron chi connectivity index (χ4n) is 8.34. The summed E-state index contributed by atoms with van der Waals surface area (Å²) in [5.41, 5.74) is -1.32. The molecule has 3 fully saturated rings. The first-order valence-electron chi connectivity index (χ1n) is 11.8. The number of carbonyl (C=O) groups excluding carboxylic acids is 1. The highest BCUT2D eigenvalue weighted by atomic mass is 16.5. The Morgan fingerprint density at radius 3 is 2.69 bits per heavy atom. The number of carboxylic acid groups (broad SMARTS) is 1. The molecule has 0 amide bonds. The standard InChI is InChI=1S/C25H38O4/c1-5-6-7-10-29-15-24-13-19-17(4)8-9-20(19)23(14-26)12-18(24)11-21(16(2)3)25(23,24)22(27)28/h11,14,16-20H,5-10,12-13,15H2,1-4H3,(H,27,28)/t17?,18-,19?,20?,23-,24?,25+/m0/s1. The predicted molar refractivity (Wildman–Crippen MR) is 112 cm³/mol. The second-order valence-corrected chi connectivity index (χ2v) is 10.7. The van der Waals surface area contributed by atoms with Gasteiger partial charge in [-0.2, -0.15) is 0 Å². The van der Waals surface area contributed by atoms with Crippen molar-refractivity contribution in [2.24, 2.45) is 45.8 Å². The van der Waals surface area contributed by atoms with E-state index >= 15 is 0 Å². The van der Waals surface area contributed by atoms with Crippen LogP contribution in [-0.4, -0.2) is 30.6 Å². The number of hydrogen-bond acceptors (Lipinski definition) is 3. The molecule has 0 saturated heterocycles. The number of carbonyl (C=O) groups is 2. The van der Waals surface area contributed by atoms with Crippen molar-refractivity contribution in [3.8, 4) is 0 Å². The summed E-state index contributed by atoms with van der Waals surface area (Å²) in [5, 5.41) is 10.8. The maximum Gasteiger partial charge on any atom is 0.315 e. The molecule has 4 bridgehead atoms. The topological polar surface area (TPSA) is 63.6 Å². The fraction of sp³-hybridized carbons (Fsp3) is 0.840. The Morgan fingerprint density at radius 1 is 1.31 bits per heavy atom. The molecular weight excluding hydrogens is 364 g/mol. The van der Waals surface area contributed by atoms with Crippen molar-refractivity contribution in [2.45, 2.75) is 72.6 Å². The van der Waals surface area contributed by atoms with Crippen molar-refractivity contribution >= 4 is 12.3 Å². The first kappa shape index (κ1) is 21.1. The van der Waals surface area contributed by atoms with Gasteiger partial charge in [-0.25, -0.2) is 0 Å². The average Bonchev–Trinajstić information content (AvgIpc) is 3.25. The molecule has 4 nitrogen and oxygen atoms in total. The van der Waals surface area contributed by atoms with Gasteiger partial charge in [-0.15, -0.1) is 0 Å². The molecule has 4 unspecified atom stereocenters. The summed E-state index contributed by atoms with van der Waals surface area (Å²) < 4.78 is 6.24. The number of fused-ring (bicyclic) bond motifs is 2. The summed E-state index contributed by atoms with van der Waals surface area (Å²) in [5.74, 6) is 0.698. The van der Waals surface area contributed by atoms with Crippen LogP contribution in [0.4, 0.5) is 0 Å².